The van der Waals surface area contributed by atoms with Crippen LogP contribution in [0.2, 0.25) is 0 Å². The number of aromatic nitrogens is 1. The predicted octanol–water partition coefficient (Wildman–Crippen LogP) is 5.53. The number of benzene rings is 2. The van der Waals surface area contributed by atoms with Crippen LogP contribution in [0.1, 0.15) is 38.8 Å². The van der Waals surface area contributed by atoms with Gasteiger partial charge >= 0.3 is 0 Å². The van der Waals surface area contributed by atoms with Crippen LogP contribution < -0.4 is 14.8 Å². The van der Waals surface area contributed by atoms with Crippen LogP contribution >= 0.6 is 0 Å². The zero-order valence-corrected chi connectivity index (χ0v) is 17.0. The Morgan fingerprint density at radius 3 is 2.21 bits per heavy atom. The van der Waals surface area contributed by atoms with Crippen molar-refractivity contribution in [1.29, 1.82) is 0 Å². The molecule has 0 saturated heterocycles. The highest BCUT2D eigenvalue weighted by Crippen LogP contribution is 2.26. The summed E-state index contributed by atoms with van der Waals surface area (Å²) in [4.78, 5) is 15.6. The fourth-order valence-corrected chi connectivity index (χ4v) is 2.91. The molecule has 1 N–H and O–H groups in total. The molecule has 0 bridgehead atoms. The molecule has 1 atom stereocenters. The number of carbonyl (C=O) groups excluding carboxylic acids is 1. The van der Waals surface area contributed by atoms with Crippen LogP contribution in [0.25, 0.3) is 11.1 Å². The van der Waals surface area contributed by atoms with Gasteiger partial charge in [0, 0.05) is 24.8 Å². The third kappa shape index (κ3) is 5.82. The van der Waals surface area contributed by atoms with E-state index in [-0.39, 0.29) is 11.9 Å². The van der Waals surface area contributed by atoms with E-state index in [4.69, 9.17) is 9.47 Å². The van der Waals surface area contributed by atoms with Crippen LogP contribution in [-0.4, -0.2) is 17.5 Å². The normalized spacial score (nSPS) is 11.6. The number of hydrogen-bond acceptors (Lipinski definition) is 4. The van der Waals surface area contributed by atoms with Crippen molar-refractivity contribution in [2.75, 3.05) is 6.61 Å². The summed E-state index contributed by atoms with van der Waals surface area (Å²) in [5, 5.41) is 2.89. The average Bonchev–Trinajstić information content (AvgIpc) is 2.73. The number of hydrogen-bond donors (Lipinski definition) is 1. The maximum Gasteiger partial charge on any atom is 0.219 e. The quantitative estimate of drug-likeness (QED) is 0.550. The Balaban J connectivity index is 1.63. The van der Waals surface area contributed by atoms with E-state index in [2.05, 4.69) is 17.2 Å². The third-order valence-electron chi connectivity index (χ3n) is 4.42. The van der Waals surface area contributed by atoms with Crippen molar-refractivity contribution in [3.8, 4) is 28.5 Å². The lowest BCUT2D eigenvalue weighted by Gasteiger charge is -2.13. The third-order valence-corrected chi connectivity index (χ3v) is 4.42. The van der Waals surface area contributed by atoms with Crippen LogP contribution in [0.5, 0.6) is 17.4 Å². The highest BCUT2D eigenvalue weighted by molar-refractivity contribution is 5.73. The van der Waals surface area contributed by atoms with Crippen molar-refractivity contribution in [2.45, 2.75) is 33.2 Å². The van der Waals surface area contributed by atoms with Gasteiger partial charge in [-0.1, -0.05) is 31.2 Å². The topological polar surface area (TPSA) is 60.5 Å². The fraction of sp³-hybridized carbons (Fsp3) is 0.250. The summed E-state index contributed by atoms with van der Waals surface area (Å²) in [6.45, 7) is 6.27. The van der Waals surface area contributed by atoms with Crippen LogP contribution in [0.4, 0.5) is 0 Å². The first-order valence-electron chi connectivity index (χ1n) is 9.79. The van der Waals surface area contributed by atoms with E-state index in [0.717, 1.165) is 28.9 Å². The minimum atomic E-state index is -0.0375. The molecule has 0 saturated carbocycles. The van der Waals surface area contributed by atoms with E-state index in [9.17, 15) is 4.79 Å². The Kier molecular flexibility index (Phi) is 6.85. The van der Waals surface area contributed by atoms with Gasteiger partial charge in [-0.15, -0.1) is 0 Å². The summed E-state index contributed by atoms with van der Waals surface area (Å²) in [6.07, 6.45) is 2.77. The number of pyridine rings is 1. The molecule has 0 aliphatic heterocycles. The Labute approximate surface area is 171 Å². The first kappa shape index (κ1) is 20.4. The van der Waals surface area contributed by atoms with Crippen molar-refractivity contribution in [3.63, 3.8) is 0 Å². The molecule has 2 aromatic carbocycles. The van der Waals surface area contributed by atoms with Crippen LogP contribution in [0.3, 0.4) is 0 Å². The molecule has 5 heteroatoms. The summed E-state index contributed by atoms with van der Waals surface area (Å²) in [5.41, 5.74) is 3.11. The summed E-state index contributed by atoms with van der Waals surface area (Å²) in [5.74, 6) is 2.04. The predicted molar refractivity (Wildman–Crippen MR) is 114 cm³/mol. The van der Waals surface area contributed by atoms with Gasteiger partial charge in [0.05, 0.1) is 12.6 Å². The van der Waals surface area contributed by atoms with Gasteiger partial charge in [0.25, 0.3) is 0 Å². The molecule has 3 rings (SSSR count). The van der Waals surface area contributed by atoms with Crippen LogP contribution in [0, 0.1) is 0 Å². The molecular formula is C24H26N2O3. The van der Waals surface area contributed by atoms with Crippen molar-refractivity contribution >= 4 is 5.91 Å². The molecule has 0 spiro atoms. The lowest BCUT2D eigenvalue weighted by atomic mass is 10.0. The van der Waals surface area contributed by atoms with Crippen LogP contribution in [-0.2, 0) is 4.79 Å². The van der Waals surface area contributed by atoms with Gasteiger partial charge in [-0.05, 0) is 54.8 Å². The monoisotopic (exact) mass is 390 g/mol. The van der Waals surface area contributed by atoms with E-state index >= 15 is 0 Å². The highest BCUT2D eigenvalue weighted by Gasteiger charge is 2.07. The molecule has 29 heavy (non-hydrogen) atoms. The first-order chi connectivity index (χ1) is 14.0. The zero-order chi connectivity index (χ0) is 20.6. The van der Waals surface area contributed by atoms with Gasteiger partial charge in [0.15, 0.2) is 0 Å². The van der Waals surface area contributed by atoms with Gasteiger partial charge in [-0.25, -0.2) is 4.98 Å². The number of ether oxygens (including phenoxy) is 2. The van der Waals surface area contributed by atoms with Crippen molar-refractivity contribution in [3.05, 3.63) is 72.4 Å². The standard InChI is InChI=1S/C24H26N2O3/c1-4-15-28-22-10-12-23(13-11-22)29-24-14-9-21(16-25-24)20-7-5-19(6-8-20)17(2)26-18(3)27/h5-14,16-17H,4,15H2,1-3H3,(H,26,27). The molecular weight excluding hydrogens is 364 g/mol. The largest absolute Gasteiger partial charge is 0.494 e. The zero-order valence-electron chi connectivity index (χ0n) is 17.0. The molecule has 0 aliphatic rings. The minimum Gasteiger partial charge on any atom is -0.494 e. The molecule has 0 fully saturated rings. The molecule has 3 aromatic rings. The Morgan fingerprint density at radius 1 is 0.966 bits per heavy atom. The number of rotatable bonds is 8. The maximum atomic E-state index is 11.2. The van der Waals surface area contributed by atoms with Gasteiger partial charge < -0.3 is 14.8 Å². The molecule has 1 unspecified atom stereocenters. The molecule has 150 valence electrons. The molecule has 1 aromatic heterocycles. The van der Waals surface area contributed by atoms with Crippen molar-refractivity contribution in [1.82, 2.24) is 10.3 Å². The number of carbonyl (C=O) groups is 1. The molecule has 1 heterocycles. The van der Waals surface area contributed by atoms with E-state index < -0.39 is 0 Å². The molecule has 1 amide bonds. The van der Waals surface area contributed by atoms with Gasteiger partial charge in [0.1, 0.15) is 11.5 Å². The summed E-state index contributed by atoms with van der Waals surface area (Å²) in [6, 6.07) is 19.4. The average molecular weight is 390 g/mol. The Hall–Kier alpha value is -3.34. The van der Waals surface area contributed by atoms with E-state index in [1.54, 1.807) is 6.20 Å². The number of nitrogens with zero attached hydrogens (tertiary/aromatic N) is 1. The summed E-state index contributed by atoms with van der Waals surface area (Å²) in [7, 11) is 0. The van der Waals surface area contributed by atoms with E-state index in [1.807, 2.05) is 67.6 Å². The Bertz CT molecular complexity index is 920. The van der Waals surface area contributed by atoms with Gasteiger partial charge in [-0.3, -0.25) is 4.79 Å². The minimum absolute atomic E-state index is 0.0192. The van der Waals surface area contributed by atoms with Crippen LogP contribution in [0.15, 0.2) is 66.9 Å². The molecule has 5 nitrogen and oxygen atoms in total. The first-order valence-corrected chi connectivity index (χ1v) is 9.79. The van der Waals surface area contributed by atoms with Crippen molar-refractivity contribution in [2.24, 2.45) is 0 Å². The SMILES string of the molecule is CCCOc1ccc(Oc2ccc(-c3ccc(C(C)NC(C)=O)cc3)cn2)cc1. The summed E-state index contributed by atoms with van der Waals surface area (Å²) >= 11 is 0. The second kappa shape index (κ2) is 9.73. The lowest BCUT2D eigenvalue weighted by molar-refractivity contribution is -0.119. The van der Waals surface area contributed by atoms with Gasteiger partial charge in [0.2, 0.25) is 11.8 Å². The van der Waals surface area contributed by atoms with E-state index in [0.29, 0.717) is 18.2 Å². The number of nitrogens with one attached hydrogen (secondary N) is 1. The molecule has 0 radical (unpaired) electrons. The highest BCUT2D eigenvalue weighted by atomic mass is 16.5. The smallest absolute Gasteiger partial charge is 0.219 e. The fourth-order valence-electron chi connectivity index (χ4n) is 2.91. The van der Waals surface area contributed by atoms with E-state index in [1.165, 1.54) is 6.92 Å². The second-order valence-electron chi connectivity index (χ2n) is 6.85. The van der Waals surface area contributed by atoms with Gasteiger partial charge in [-0.2, -0.15) is 0 Å². The summed E-state index contributed by atoms with van der Waals surface area (Å²) < 4.78 is 11.4. The molecule has 0 aliphatic carbocycles. The second-order valence-corrected chi connectivity index (χ2v) is 6.85. The number of amides is 1. The van der Waals surface area contributed by atoms with Crippen molar-refractivity contribution < 1.29 is 14.3 Å². The maximum absolute atomic E-state index is 11.2. The lowest BCUT2D eigenvalue weighted by Crippen LogP contribution is -2.23. The Morgan fingerprint density at radius 2 is 1.62 bits per heavy atom.